The van der Waals surface area contributed by atoms with Crippen LogP contribution in [0.4, 0.5) is 5.82 Å². The van der Waals surface area contributed by atoms with Crippen LogP contribution in [0.1, 0.15) is 5.56 Å². The van der Waals surface area contributed by atoms with Crippen molar-refractivity contribution in [1.29, 1.82) is 0 Å². The fraction of sp³-hybridized carbons (Fsp3) is 0.125. The molecular weight excluding hydrogens is 170 g/mol. The molecule has 0 saturated carbocycles. The first-order valence-corrected chi connectivity index (χ1v) is 3.56. The first-order chi connectivity index (χ1) is 6.27. The van der Waals surface area contributed by atoms with Crippen LogP contribution < -0.4 is 5.73 Å². The summed E-state index contributed by atoms with van der Waals surface area (Å²) in [6.07, 6.45) is 2.09. The summed E-state index contributed by atoms with van der Waals surface area (Å²) in [7, 11) is 1.37. The van der Waals surface area contributed by atoms with Crippen molar-refractivity contribution >= 4 is 17.8 Å². The molecular formula is C8H9N3O2. The highest BCUT2D eigenvalue weighted by Gasteiger charge is 2.02. The van der Waals surface area contributed by atoms with Gasteiger partial charge >= 0.3 is 0 Å². The van der Waals surface area contributed by atoms with Crippen LogP contribution in [0.2, 0.25) is 0 Å². The van der Waals surface area contributed by atoms with Crippen LogP contribution in [0.15, 0.2) is 23.5 Å². The van der Waals surface area contributed by atoms with E-state index in [2.05, 4.69) is 15.0 Å². The Morgan fingerprint density at radius 3 is 3.08 bits per heavy atom. The van der Waals surface area contributed by atoms with Crippen LogP contribution in [-0.4, -0.2) is 24.1 Å². The summed E-state index contributed by atoms with van der Waals surface area (Å²) >= 11 is 0. The molecule has 0 aromatic carbocycles. The smallest absolute Gasteiger partial charge is 0.172 e. The average molecular weight is 179 g/mol. The van der Waals surface area contributed by atoms with Gasteiger partial charge in [0.15, 0.2) is 6.29 Å². The van der Waals surface area contributed by atoms with Crippen molar-refractivity contribution in [2.24, 2.45) is 5.16 Å². The lowest BCUT2D eigenvalue weighted by molar-refractivity contribution is -0.102. The lowest BCUT2D eigenvalue weighted by Crippen LogP contribution is -2.04. The fourth-order valence-corrected chi connectivity index (χ4v) is 0.848. The van der Waals surface area contributed by atoms with Crippen molar-refractivity contribution in [3.05, 3.63) is 23.9 Å². The Morgan fingerprint density at radius 1 is 1.77 bits per heavy atom. The van der Waals surface area contributed by atoms with Gasteiger partial charge in [0.05, 0.1) is 0 Å². The molecule has 2 N–H and O–H groups in total. The predicted molar refractivity (Wildman–Crippen MR) is 48.3 cm³/mol. The summed E-state index contributed by atoms with van der Waals surface area (Å²) in [6.45, 7) is 0. The van der Waals surface area contributed by atoms with E-state index in [0.29, 0.717) is 17.7 Å². The average Bonchev–Trinajstić information content (AvgIpc) is 2.14. The monoisotopic (exact) mass is 179 g/mol. The Bertz CT molecular complexity index is 336. The van der Waals surface area contributed by atoms with E-state index >= 15 is 0 Å². The van der Waals surface area contributed by atoms with Gasteiger partial charge in [-0.15, -0.1) is 0 Å². The second-order valence-corrected chi connectivity index (χ2v) is 2.25. The number of hydrogen-bond donors (Lipinski definition) is 1. The summed E-state index contributed by atoms with van der Waals surface area (Å²) in [4.78, 5) is 18.8. The molecule has 0 aliphatic carbocycles. The van der Waals surface area contributed by atoms with Gasteiger partial charge < -0.3 is 10.6 Å². The van der Waals surface area contributed by atoms with Crippen LogP contribution in [0.5, 0.6) is 0 Å². The number of pyridine rings is 1. The normalized spacial score (nSPS) is 11.0. The van der Waals surface area contributed by atoms with Gasteiger partial charge in [-0.1, -0.05) is 5.16 Å². The van der Waals surface area contributed by atoms with Crippen molar-refractivity contribution in [3.8, 4) is 0 Å². The van der Waals surface area contributed by atoms with E-state index in [1.54, 1.807) is 12.1 Å². The molecule has 0 atom stereocenters. The molecule has 0 amide bonds. The van der Waals surface area contributed by atoms with Crippen LogP contribution in [-0.2, 0) is 9.63 Å². The molecule has 1 aromatic rings. The Balaban J connectivity index is 3.05. The molecule has 1 aromatic heterocycles. The van der Waals surface area contributed by atoms with E-state index in [9.17, 15) is 4.79 Å². The zero-order chi connectivity index (χ0) is 9.68. The number of nitrogens with two attached hydrogens (primary N) is 1. The standard InChI is InChI=1S/C8H9N3O2/c1-13-11-7(5-12)6-2-3-10-8(9)4-6/h2-5H,1H3,(H2,9,10)/b11-7+. The van der Waals surface area contributed by atoms with Crippen molar-refractivity contribution in [3.63, 3.8) is 0 Å². The van der Waals surface area contributed by atoms with Gasteiger partial charge in [-0.25, -0.2) is 4.98 Å². The summed E-state index contributed by atoms with van der Waals surface area (Å²) < 4.78 is 0. The van der Waals surface area contributed by atoms with E-state index < -0.39 is 0 Å². The first kappa shape index (κ1) is 9.18. The van der Waals surface area contributed by atoms with E-state index in [1.165, 1.54) is 13.3 Å². The maximum absolute atomic E-state index is 10.5. The van der Waals surface area contributed by atoms with Crippen LogP contribution >= 0.6 is 0 Å². The highest BCUT2D eigenvalue weighted by atomic mass is 16.6. The molecule has 1 heterocycles. The number of hydrogen-bond acceptors (Lipinski definition) is 5. The van der Waals surface area contributed by atoms with E-state index in [4.69, 9.17) is 5.73 Å². The molecule has 0 saturated heterocycles. The molecule has 0 aliphatic rings. The summed E-state index contributed by atoms with van der Waals surface area (Å²) in [5, 5.41) is 3.52. The van der Waals surface area contributed by atoms with Crippen molar-refractivity contribution < 1.29 is 9.63 Å². The van der Waals surface area contributed by atoms with Gasteiger partial charge in [0.25, 0.3) is 0 Å². The molecule has 0 fully saturated rings. The number of nitrogen functional groups attached to an aromatic ring is 1. The van der Waals surface area contributed by atoms with E-state index in [-0.39, 0.29) is 5.71 Å². The first-order valence-electron chi connectivity index (χ1n) is 3.56. The number of rotatable bonds is 3. The number of oxime groups is 1. The van der Waals surface area contributed by atoms with Crippen LogP contribution in [0.3, 0.4) is 0 Å². The fourth-order valence-electron chi connectivity index (χ4n) is 0.848. The van der Waals surface area contributed by atoms with Gasteiger partial charge in [0.1, 0.15) is 18.6 Å². The van der Waals surface area contributed by atoms with Gasteiger partial charge in [-0.05, 0) is 12.1 Å². The molecule has 0 aliphatic heterocycles. The Kier molecular flexibility index (Phi) is 2.97. The molecule has 68 valence electrons. The van der Waals surface area contributed by atoms with Gasteiger partial charge in [0.2, 0.25) is 0 Å². The Labute approximate surface area is 75.2 Å². The third-order valence-electron chi connectivity index (χ3n) is 1.38. The topological polar surface area (TPSA) is 77.6 Å². The minimum atomic E-state index is 0.191. The lowest BCUT2D eigenvalue weighted by atomic mass is 10.2. The molecule has 5 heteroatoms. The van der Waals surface area contributed by atoms with Crippen LogP contribution in [0.25, 0.3) is 0 Å². The number of anilines is 1. The van der Waals surface area contributed by atoms with Gasteiger partial charge in [-0.3, -0.25) is 4.79 Å². The minimum absolute atomic E-state index is 0.191. The quantitative estimate of drug-likeness (QED) is 0.409. The highest BCUT2D eigenvalue weighted by molar-refractivity contribution is 6.36. The number of carbonyl (C=O) groups excluding carboxylic acids is 1. The Morgan fingerprint density at radius 2 is 2.54 bits per heavy atom. The van der Waals surface area contributed by atoms with Crippen LogP contribution in [0, 0.1) is 0 Å². The third kappa shape index (κ3) is 2.26. The maximum Gasteiger partial charge on any atom is 0.172 e. The second kappa shape index (κ2) is 4.20. The molecule has 13 heavy (non-hydrogen) atoms. The highest BCUT2D eigenvalue weighted by Crippen LogP contribution is 2.03. The van der Waals surface area contributed by atoms with Gasteiger partial charge in [-0.2, -0.15) is 0 Å². The number of carbonyl (C=O) groups is 1. The summed E-state index contributed by atoms with van der Waals surface area (Å²) in [5.74, 6) is 0.336. The number of nitrogens with zero attached hydrogens (tertiary/aromatic N) is 2. The third-order valence-corrected chi connectivity index (χ3v) is 1.38. The molecule has 1 rings (SSSR count). The molecule has 0 bridgehead atoms. The zero-order valence-corrected chi connectivity index (χ0v) is 7.10. The Hall–Kier alpha value is -1.91. The lowest BCUT2D eigenvalue weighted by Gasteiger charge is -1.98. The van der Waals surface area contributed by atoms with Crippen molar-refractivity contribution in [2.45, 2.75) is 0 Å². The summed E-state index contributed by atoms with van der Waals surface area (Å²) in [5.41, 5.74) is 6.20. The number of aromatic nitrogens is 1. The molecule has 0 unspecified atom stereocenters. The van der Waals surface area contributed by atoms with Gasteiger partial charge in [0, 0.05) is 11.8 Å². The van der Waals surface area contributed by atoms with Crippen molar-refractivity contribution in [1.82, 2.24) is 4.98 Å². The largest absolute Gasteiger partial charge is 0.399 e. The zero-order valence-electron chi connectivity index (χ0n) is 7.10. The molecule has 0 spiro atoms. The maximum atomic E-state index is 10.5. The summed E-state index contributed by atoms with van der Waals surface area (Å²) in [6, 6.07) is 3.18. The number of aldehydes is 1. The van der Waals surface area contributed by atoms with E-state index in [1.807, 2.05) is 0 Å². The SMILES string of the molecule is CO/N=C(\C=O)c1ccnc(N)c1. The molecule has 0 radical (unpaired) electrons. The van der Waals surface area contributed by atoms with Crippen molar-refractivity contribution in [2.75, 3.05) is 12.8 Å². The predicted octanol–water partition coefficient (Wildman–Crippen LogP) is 0.213. The molecule has 5 nitrogen and oxygen atoms in total. The second-order valence-electron chi connectivity index (χ2n) is 2.25. The van der Waals surface area contributed by atoms with E-state index in [0.717, 1.165) is 0 Å². The minimum Gasteiger partial charge on any atom is -0.399 e.